The Morgan fingerprint density at radius 3 is 2.71 bits per heavy atom. The number of nitrogens with two attached hydrogens (primary N) is 1. The maximum atomic E-state index is 12.8. The second kappa shape index (κ2) is 5.10. The second-order valence-corrected chi connectivity index (χ2v) is 5.72. The van der Waals surface area contributed by atoms with E-state index in [4.69, 9.17) is 28.9 Å². The quantitative estimate of drug-likeness (QED) is 0.536. The van der Waals surface area contributed by atoms with Crippen LogP contribution in [0.1, 0.15) is 21.5 Å². The van der Waals surface area contributed by atoms with Crippen LogP contribution >= 0.6 is 23.2 Å². The fourth-order valence-electron chi connectivity index (χ4n) is 2.50. The predicted molar refractivity (Wildman–Crippen MR) is 87.3 cm³/mol. The number of carbonyl (C=O) groups excluding carboxylic acids is 1. The fraction of sp³-hybridized carbons (Fsp3) is 0.0625. The highest BCUT2D eigenvalue weighted by atomic mass is 35.5. The van der Waals surface area contributed by atoms with Crippen LogP contribution in [0.25, 0.3) is 10.9 Å². The van der Waals surface area contributed by atoms with Crippen LogP contribution in [0.5, 0.6) is 0 Å². The molecule has 0 spiro atoms. The summed E-state index contributed by atoms with van der Waals surface area (Å²) in [6.07, 6.45) is 1.64. The molecule has 0 fully saturated rings. The van der Waals surface area contributed by atoms with Gasteiger partial charge in [0.2, 0.25) is 0 Å². The number of rotatable bonds is 2. The van der Waals surface area contributed by atoms with Gasteiger partial charge < -0.3 is 10.7 Å². The Hall–Kier alpha value is -1.97. The van der Waals surface area contributed by atoms with E-state index in [9.17, 15) is 4.79 Å². The van der Waals surface area contributed by atoms with Gasteiger partial charge in [-0.05, 0) is 30.7 Å². The van der Waals surface area contributed by atoms with Crippen molar-refractivity contribution in [2.24, 2.45) is 0 Å². The molecule has 106 valence electrons. The van der Waals surface area contributed by atoms with Crippen molar-refractivity contribution < 1.29 is 4.79 Å². The van der Waals surface area contributed by atoms with E-state index in [2.05, 4.69) is 4.98 Å². The summed E-state index contributed by atoms with van der Waals surface area (Å²) in [4.78, 5) is 15.8. The van der Waals surface area contributed by atoms with Crippen LogP contribution in [-0.4, -0.2) is 10.8 Å². The number of nitrogen functional groups attached to an aromatic ring is 1. The smallest absolute Gasteiger partial charge is 0.197 e. The van der Waals surface area contributed by atoms with Gasteiger partial charge in [0.05, 0.1) is 5.02 Å². The topological polar surface area (TPSA) is 58.9 Å². The van der Waals surface area contributed by atoms with Gasteiger partial charge in [0.25, 0.3) is 0 Å². The first-order valence-electron chi connectivity index (χ1n) is 6.35. The molecule has 0 amide bonds. The normalized spacial score (nSPS) is 11.0. The van der Waals surface area contributed by atoms with Crippen LogP contribution < -0.4 is 5.73 Å². The maximum absolute atomic E-state index is 12.8. The molecule has 0 aliphatic heterocycles. The molecule has 0 aliphatic rings. The van der Waals surface area contributed by atoms with Crippen molar-refractivity contribution >= 4 is 45.6 Å². The number of ketones is 1. The lowest BCUT2D eigenvalue weighted by Crippen LogP contribution is -2.07. The van der Waals surface area contributed by atoms with E-state index >= 15 is 0 Å². The van der Waals surface area contributed by atoms with Gasteiger partial charge in [-0.25, -0.2) is 0 Å². The highest BCUT2D eigenvalue weighted by molar-refractivity contribution is 6.40. The molecule has 3 N–H and O–H groups in total. The molecule has 0 bridgehead atoms. The summed E-state index contributed by atoms with van der Waals surface area (Å²) in [7, 11) is 0. The average molecular weight is 319 g/mol. The molecule has 21 heavy (non-hydrogen) atoms. The van der Waals surface area contributed by atoms with Crippen molar-refractivity contribution in [3.05, 3.63) is 63.3 Å². The number of aryl methyl sites for hydroxylation is 1. The molecule has 1 heterocycles. The number of fused-ring (bicyclic) bond motifs is 1. The molecular formula is C16H12Cl2N2O. The average Bonchev–Trinajstić information content (AvgIpc) is 2.82. The number of benzene rings is 2. The summed E-state index contributed by atoms with van der Waals surface area (Å²) in [6, 6.07) is 8.76. The van der Waals surface area contributed by atoms with E-state index in [1.54, 1.807) is 24.4 Å². The van der Waals surface area contributed by atoms with Gasteiger partial charge in [-0.15, -0.1) is 0 Å². The van der Waals surface area contributed by atoms with Gasteiger partial charge in [-0.1, -0.05) is 35.3 Å². The second-order valence-electron chi connectivity index (χ2n) is 4.88. The lowest BCUT2D eigenvalue weighted by Gasteiger charge is -2.08. The van der Waals surface area contributed by atoms with Crippen LogP contribution in [0.2, 0.25) is 10.0 Å². The van der Waals surface area contributed by atoms with Gasteiger partial charge in [0.1, 0.15) is 0 Å². The van der Waals surface area contributed by atoms with Crippen LogP contribution in [0.3, 0.4) is 0 Å². The summed E-state index contributed by atoms with van der Waals surface area (Å²) < 4.78 is 0. The van der Waals surface area contributed by atoms with Crippen LogP contribution in [0.4, 0.5) is 5.69 Å². The monoisotopic (exact) mass is 318 g/mol. The third-order valence-corrected chi connectivity index (χ3v) is 3.99. The minimum absolute atomic E-state index is 0.152. The molecule has 1 aromatic heterocycles. The summed E-state index contributed by atoms with van der Waals surface area (Å²) >= 11 is 12.2. The zero-order valence-electron chi connectivity index (χ0n) is 11.2. The van der Waals surface area contributed by atoms with Gasteiger partial charge >= 0.3 is 0 Å². The molecule has 3 aromatic rings. The Balaban J connectivity index is 2.24. The largest absolute Gasteiger partial charge is 0.398 e. The molecule has 0 aliphatic carbocycles. The fourth-order valence-corrected chi connectivity index (χ4v) is 3.09. The summed E-state index contributed by atoms with van der Waals surface area (Å²) in [5.41, 5.74) is 8.96. The molecule has 5 heteroatoms. The van der Waals surface area contributed by atoms with Crippen LogP contribution in [0, 0.1) is 6.92 Å². The van der Waals surface area contributed by atoms with E-state index in [0.717, 1.165) is 11.1 Å². The Bertz CT molecular complexity index is 848. The van der Waals surface area contributed by atoms with E-state index < -0.39 is 0 Å². The van der Waals surface area contributed by atoms with Crippen molar-refractivity contribution in [3.8, 4) is 0 Å². The molecule has 0 saturated heterocycles. The summed E-state index contributed by atoms with van der Waals surface area (Å²) in [5.74, 6) is -0.152. The third-order valence-electron chi connectivity index (χ3n) is 3.47. The van der Waals surface area contributed by atoms with Crippen molar-refractivity contribution in [2.75, 3.05) is 5.73 Å². The van der Waals surface area contributed by atoms with Crippen molar-refractivity contribution in [1.82, 2.24) is 4.98 Å². The highest BCUT2D eigenvalue weighted by Gasteiger charge is 2.20. The molecule has 2 aromatic carbocycles. The molecule has 0 radical (unpaired) electrons. The molecular weight excluding hydrogens is 307 g/mol. The van der Waals surface area contributed by atoms with Gasteiger partial charge in [-0.3, -0.25) is 4.79 Å². The van der Waals surface area contributed by atoms with Crippen LogP contribution in [0.15, 0.2) is 36.5 Å². The number of hydrogen-bond donors (Lipinski definition) is 2. The molecule has 0 saturated carbocycles. The minimum atomic E-state index is -0.152. The first-order chi connectivity index (χ1) is 9.99. The van der Waals surface area contributed by atoms with E-state index in [1.807, 2.05) is 19.1 Å². The van der Waals surface area contributed by atoms with Crippen molar-refractivity contribution in [1.29, 1.82) is 0 Å². The lowest BCUT2D eigenvalue weighted by molar-refractivity contribution is 0.104. The Kier molecular flexibility index (Phi) is 3.40. The lowest BCUT2D eigenvalue weighted by atomic mass is 9.97. The summed E-state index contributed by atoms with van der Waals surface area (Å²) in [5, 5.41) is 1.62. The third kappa shape index (κ3) is 2.28. The highest BCUT2D eigenvalue weighted by Crippen LogP contribution is 2.32. The number of carbonyl (C=O) groups is 1. The van der Waals surface area contributed by atoms with Gasteiger partial charge in [0.15, 0.2) is 5.78 Å². The maximum Gasteiger partial charge on any atom is 0.197 e. The number of anilines is 1. The first kappa shape index (κ1) is 14.0. The molecule has 3 rings (SSSR count). The Morgan fingerprint density at radius 2 is 2.00 bits per heavy atom. The van der Waals surface area contributed by atoms with E-state index in [-0.39, 0.29) is 5.78 Å². The van der Waals surface area contributed by atoms with Gasteiger partial charge in [-0.2, -0.15) is 0 Å². The SMILES string of the molecule is Cc1cccc(N)c1C(=O)c1c[nH]c2cc(Cl)cc(Cl)c12. The van der Waals surface area contributed by atoms with Crippen LogP contribution in [-0.2, 0) is 0 Å². The number of halogens is 2. The van der Waals surface area contributed by atoms with E-state index in [1.165, 1.54) is 0 Å². The first-order valence-corrected chi connectivity index (χ1v) is 7.10. The number of aromatic amines is 1. The van der Waals surface area contributed by atoms with E-state index in [0.29, 0.717) is 32.2 Å². The number of aromatic nitrogens is 1. The Morgan fingerprint density at radius 1 is 1.24 bits per heavy atom. The van der Waals surface area contributed by atoms with Crippen molar-refractivity contribution in [3.63, 3.8) is 0 Å². The van der Waals surface area contributed by atoms with Gasteiger partial charge in [0, 0.05) is 38.9 Å². The summed E-state index contributed by atoms with van der Waals surface area (Å²) in [6.45, 7) is 1.86. The Labute approximate surface area is 131 Å². The number of nitrogens with one attached hydrogen (secondary N) is 1. The molecule has 0 unspecified atom stereocenters. The zero-order valence-corrected chi connectivity index (χ0v) is 12.7. The standard InChI is InChI=1S/C16H12Cl2N2O/c1-8-3-2-4-12(19)14(8)16(21)10-7-20-13-6-9(17)5-11(18)15(10)13/h2-7,20H,19H2,1H3. The minimum Gasteiger partial charge on any atom is -0.398 e. The predicted octanol–water partition coefficient (Wildman–Crippen LogP) is 4.60. The molecule has 0 atom stereocenters. The molecule has 3 nitrogen and oxygen atoms in total. The zero-order chi connectivity index (χ0) is 15.1. The number of H-pyrrole nitrogens is 1. The van der Waals surface area contributed by atoms with Crippen molar-refractivity contribution in [2.45, 2.75) is 6.92 Å². The number of hydrogen-bond acceptors (Lipinski definition) is 2.